The molecule has 6 aromatic rings. The van der Waals surface area contributed by atoms with Crippen LogP contribution in [0.15, 0.2) is 122 Å². The van der Waals surface area contributed by atoms with Gasteiger partial charge in [0.05, 0.1) is 22.1 Å². The van der Waals surface area contributed by atoms with Crippen LogP contribution in [0.5, 0.6) is 0 Å². The summed E-state index contributed by atoms with van der Waals surface area (Å²) in [6.45, 7) is 1.63. The number of fused-ring (bicyclic) bond motifs is 2. The average Bonchev–Trinajstić information content (AvgIpc) is 2.94. The molecule has 196 valence electrons. The zero-order valence-corrected chi connectivity index (χ0v) is 24.6. The number of aromatic nitrogens is 2. The van der Waals surface area contributed by atoms with Gasteiger partial charge in [-0.1, -0.05) is 72.8 Å². The lowest BCUT2D eigenvalue weighted by Crippen LogP contribution is -3.00. The molecule has 0 aliphatic rings. The molecule has 0 amide bonds. The van der Waals surface area contributed by atoms with Gasteiger partial charge in [0.15, 0.2) is 25.5 Å². The van der Waals surface area contributed by atoms with Crippen LogP contribution in [-0.2, 0) is 19.5 Å². The minimum Gasteiger partial charge on any atom is -1.00 e. The summed E-state index contributed by atoms with van der Waals surface area (Å²) in [6, 6.07) is 38.4. The molecule has 2 aromatic heterocycles. The van der Waals surface area contributed by atoms with E-state index in [0.29, 0.717) is 0 Å². The molecule has 0 radical (unpaired) electrons. The molecule has 0 aliphatic heterocycles. The van der Waals surface area contributed by atoms with E-state index >= 15 is 0 Å². The van der Waals surface area contributed by atoms with Crippen molar-refractivity contribution >= 4 is 33.2 Å². The Morgan fingerprint density at radius 3 is 1.21 bits per heavy atom. The maximum Gasteiger partial charge on any atom is 0.214 e. The molecule has 0 atom stereocenters. The highest BCUT2D eigenvalue weighted by molar-refractivity contribution is 5.88. The van der Waals surface area contributed by atoms with Gasteiger partial charge >= 0.3 is 0 Å². The molecule has 2 heterocycles. The summed E-state index contributed by atoms with van der Waals surface area (Å²) in [6.07, 6.45) is 5.05. The van der Waals surface area contributed by atoms with Crippen molar-refractivity contribution in [3.63, 3.8) is 0 Å². The van der Waals surface area contributed by atoms with Crippen LogP contribution in [0.1, 0.15) is 22.3 Å². The van der Waals surface area contributed by atoms with Gasteiger partial charge < -0.3 is 45.4 Å². The lowest BCUT2D eigenvalue weighted by Gasteiger charge is -2.07. The van der Waals surface area contributed by atoms with Gasteiger partial charge in [-0.3, -0.25) is 0 Å². The highest BCUT2D eigenvalue weighted by Crippen LogP contribution is 2.19. The molecule has 4 N–H and O–H groups in total. The molecule has 0 spiro atoms. The van der Waals surface area contributed by atoms with E-state index in [1.165, 1.54) is 22.3 Å². The van der Waals surface area contributed by atoms with Crippen molar-refractivity contribution in [3.05, 3.63) is 144 Å². The number of anilines is 2. The zero-order valence-electron chi connectivity index (χ0n) is 21.5. The fraction of sp³-hybridized carbons (Fsp3) is 0.0909. The normalized spacial score (nSPS) is 10.7. The number of nitrogens with zero attached hydrogens (tertiary/aromatic N) is 2. The summed E-state index contributed by atoms with van der Waals surface area (Å²) in [5, 5.41) is 2.18. The topological polar surface area (TPSA) is 59.8 Å². The predicted octanol–water partition coefficient (Wildman–Crippen LogP) is -0.572. The highest BCUT2D eigenvalue weighted by atomic mass is 79.9. The fourth-order valence-electron chi connectivity index (χ4n) is 5.05. The van der Waals surface area contributed by atoms with E-state index in [-0.39, 0.29) is 34.0 Å². The molecule has 0 bridgehead atoms. The second kappa shape index (κ2) is 12.4. The van der Waals surface area contributed by atoms with Crippen molar-refractivity contribution < 1.29 is 43.1 Å². The summed E-state index contributed by atoms with van der Waals surface area (Å²) in [4.78, 5) is 0. The van der Waals surface area contributed by atoms with Gasteiger partial charge in [-0.15, -0.1) is 0 Å². The van der Waals surface area contributed by atoms with Crippen LogP contribution in [-0.4, -0.2) is 0 Å². The van der Waals surface area contributed by atoms with Crippen molar-refractivity contribution in [1.29, 1.82) is 0 Å². The Hall–Kier alpha value is -3.74. The smallest absolute Gasteiger partial charge is 0.214 e. The van der Waals surface area contributed by atoms with E-state index in [1.807, 2.05) is 24.3 Å². The summed E-state index contributed by atoms with van der Waals surface area (Å²) in [5.74, 6) is 0. The number of pyridine rings is 2. The van der Waals surface area contributed by atoms with Crippen molar-refractivity contribution in [2.24, 2.45) is 0 Å². The molecule has 4 nitrogen and oxygen atoms in total. The molecular formula is C33H30Br2N4. The number of rotatable bonds is 6. The quantitative estimate of drug-likeness (QED) is 0.240. The van der Waals surface area contributed by atoms with Crippen molar-refractivity contribution in [1.82, 2.24) is 0 Å². The molecule has 0 saturated heterocycles. The van der Waals surface area contributed by atoms with Gasteiger partial charge in [0.25, 0.3) is 0 Å². The van der Waals surface area contributed by atoms with Gasteiger partial charge in [0, 0.05) is 35.4 Å². The van der Waals surface area contributed by atoms with Crippen LogP contribution >= 0.6 is 0 Å². The van der Waals surface area contributed by atoms with Gasteiger partial charge in [-0.05, 0) is 29.7 Å². The van der Waals surface area contributed by atoms with Crippen molar-refractivity contribution in [3.8, 4) is 0 Å². The summed E-state index contributed by atoms with van der Waals surface area (Å²) in [5.41, 5.74) is 21.4. The first-order valence-electron chi connectivity index (χ1n) is 12.6. The molecule has 0 fully saturated rings. The molecular weight excluding hydrogens is 612 g/mol. The first-order chi connectivity index (χ1) is 18.1. The van der Waals surface area contributed by atoms with E-state index in [0.717, 1.165) is 52.7 Å². The maximum absolute atomic E-state index is 6.17. The van der Waals surface area contributed by atoms with Crippen LogP contribution in [0.3, 0.4) is 0 Å². The lowest BCUT2D eigenvalue weighted by atomic mass is 10.0. The third-order valence-electron chi connectivity index (χ3n) is 7.08. The molecule has 4 aromatic carbocycles. The Morgan fingerprint density at radius 1 is 0.436 bits per heavy atom. The first kappa shape index (κ1) is 28.3. The van der Waals surface area contributed by atoms with Crippen LogP contribution in [0, 0.1) is 0 Å². The molecule has 6 rings (SSSR count). The van der Waals surface area contributed by atoms with E-state index < -0.39 is 0 Å². The number of nitrogens with two attached hydrogens (primary N) is 2. The lowest BCUT2D eigenvalue weighted by molar-refractivity contribution is -0.662. The Kier molecular flexibility index (Phi) is 9.00. The van der Waals surface area contributed by atoms with Gasteiger partial charge in [0.2, 0.25) is 11.0 Å². The Morgan fingerprint density at radius 2 is 0.795 bits per heavy atom. The monoisotopic (exact) mass is 640 g/mol. The Bertz CT molecular complexity index is 1590. The SMILES string of the molecule is Nc1cc[n+](Cc2ccc(Cc3ccc(C[n+]4ccc(N)c5ccccc54)cc3)cc2)c2ccccc12.[Br-].[Br-]. The van der Waals surface area contributed by atoms with Gasteiger partial charge in [0.1, 0.15) is 0 Å². The highest BCUT2D eigenvalue weighted by Gasteiger charge is 2.13. The molecule has 0 saturated carbocycles. The summed E-state index contributed by atoms with van der Waals surface area (Å²) in [7, 11) is 0. The second-order valence-electron chi connectivity index (χ2n) is 9.64. The molecule has 6 heteroatoms. The van der Waals surface area contributed by atoms with Gasteiger partial charge in [-0.2, -0.15) is 9.13 Å². The third kappa shape index (κ3) is 6.13. The van der Waals surface area contributed by atoms with E-state index in [4.69, 9.17) is 11.5 Å². The van der Waals surface area contributed by atoms with E-state index in [1.54, 1.807) is 0 Å². The Labute approximate surface area is 250 Å². The van der Waals surface area contributed by atoms with Crippen molar-refractivity contribution in [2.75, 3.05) is 11.5 Å². The van der Waals surface area contributed by atoms with Crippen LogP contribution in [0.2, 0.25) is 0 Å². The average molecular weight is 642 g/mol. The second-order valence-corrected chi connectivity index (χ2v) is 9.64. The zero-order chi connectivity index (χ0) is 25.2. The van der Waals surface area contributed by atoms with Crippen LogP contribution < -0.4 is 54.6 Å². The maximum atomic E-state index is 6.17. The number of nitrogen functional groups attached to an aromatic ring is 2. The number of para-hydroxylation sites is 2. The summed E-state index contributed by atoms with van der Waals surface area (Å²) < 4.78 is 4.50. The molecule has 39 heavy (non-hydrogen) atoms. The summed E-state index contributed by atoms with van der Waals surface area (Å²) >= 11 is 0. The third-order valence-corrected chi connectivity index (χ3v) is 7.08. The molecule has 0 unspecified atom stereocenters. The van der Waals surface area contributed by atoms with Crippen molar-refractivity contribution in [2.45, 2.75) is 19.5 Å². The predicted molar refractivity (Wildman–Crippen MR) is 151 cm³/mol. The fourth-order valence-corrected chi connectivity index (χ4v) is 5.05. The van der Waals surface area contributed by atoms with E-state index in [9.17, 15) is 0 Å². The number of hydrogen-bond acceptors (Lipinski definition) is 2. The standard InChI is InChI=1S/C33H28N4.2BrH/c34-30-17-19-36(32-7-3-1-5-28(30)32)22-26-13-9-24(10-14-26)21-25-11-15-27(16-12-25)23-37-20-18-31(35)29-6-2-4-8-33(29)37;;/h1-20,34-35H,21-23H2;2*1H. The number of halogens is 2. The minimum absolute atomic E-state index is 0. The van der Waals surface area contributed by atoms with Gasteiger partial charge in [-0.25, -0.2) is 0 Å². The van der Waals surface area contributed by atoms with E-state index in [2.05, 4.69) is 106 Å². The first-order valence-corrected chi connectivity index (χ1v) is 12.6. The van der Waals surface area contributed by atoms with Crippen LogP contribution in [0.25, 0.3) is 21.8 Å². The number of benzene rings is 4. The molecule has 0 aliphatic carbocycles. The largest absolute Gasteiger partial charge is 1.00 e. The Balaban J connectivity index is 0.00000176. The number of hydrogen-bond donors (Lipinski definition) is 2. The minimum atomic E-state index is 0. The van der Waals surface area contributed by atoms with Crippen LogP contribution in [0.4, 0.5) is 11.4 Å².